The highest BCUT2D eigenvalue weighted by Gasteiger charge is 2.34. The van der Waals surface area contributed by atoms with Gasteiger partial charge in [0, 0.05) is 6.54 Å². The second-order valence-electron chi connectivity index (χ2n) is 3.74. The minimum absolute atomic E-state index is 0.0472. The highest BCUT2D eigenvalue weighted by atomic mass is 16.5. The zero-order valence-corrected chi connectivity index (χ0v) is 9.46. The summed E-state index contributed by atoms with van der Waals surface area (Å²) in [6.07, 6.45) is 2.16. The molecule has 0 N–H and O–H groups in total. The van der Waals surface area contributed by atoms with E-state index in [1.165, 1.54) is 0 Å². The molecule has 0 aromatic heterocycles. The molecule has 14 heavy (non-hydrogen) atoms. The molecule has 0 aromatic rings. The average molecular weight is 197 g/mol. The van der Waals surface area contributed by atoms with Crippen LogP contribution < -0.4 is 0 Å². The van der Waals surface area contributed by atoms with E-state index in [0.717, 1.165) is 25.0 Å². The molecule has 0 fully saturated rings. The number of carbonyl (C=O) groups is 1. The fourth-order valence-corrected chi connectivity index (χ4v) is 1.77. The largest absolute Gasteiger partial charge is 0.491 e. The summed E-state index contributed by atoms with van der Waals surface area (Å²) in [7, 11) is 1.56. The normalized spacial score (nSPS) is 22.1. The van der Waals surface area contributed by atoms with Gasteiger partial charge in [0.2, 0.25) is 0 Å². The number of carbonyl (C=O) groups excluding carboxylic acids is 1. The Kier molecular flexibility index (Phi) is 3.55. The maximum absolute atomic E-state index is 11.8. The fourth-order valence-electron chi connectivity index (χ4n) is 1.77. The van der Waals surface area contributed by atoms with Crippen LogP contribution in [0.25, 0.3) is 0 Å². The highest BCUT2D eigenvalue weighted by Crippen LogP contribution is 2.25. The summed E-state index contributed by atoms with van der Waals surface area (Å²) in [4.78, 5) is 13.7. The Morgan fingerprint density at radius 3 is 2.57 bits per heavy atom. The quantitative estimate of drug-likeness (QED) is 0.689. The van der Waals surface area contributed by atoms with Gasteiger partial charge in [-0.3, -0.25) is 4.79 Å². The van der Waals surface area contributed by atoms with E-state index in [1.54, 1.807) is 7.11 Å². The van der Waals surface area contributed by atoms with Crippen LogP contribution in [0.15, 0.2) is 11.3 Å². The Bertz CT molecular complexity index is 258. The Labute approximate surface area is 85.7 Å². The van der Waals surface area contributed by atoms with E-state index < -0.39 is 0 Å². The lowest BCUT2D eigenvalue weighted by molar-refractivity contribution is -0.129. The van der Waals surface area contributed by atoms with Crippen molar-refractivity contribution in [2.24, 2.45) is 0 Å². The maximum atomic E-state index is 11.8. The van der Waals surface area contributed by atoms with E-state index >= 15 is 0 Å². The first-order valence-corrected chi connectivity index (χ1v) is 5.19. The molecular formula is C11H19NO2. The van der Waals surface area contributed by atoms with Crippen molar-refractivity contribution in [3.8, 4) is 0 Å². The molecule has 0 aliphatic carbocycles. The molecule has 1 rings (SSSR count). The lowest BCUT2D eigenvalue weighted by atomic mass is 10.1. The minimum atomic E-state index is 0.0472. The van der Waals surface area contributed by atoms with Gasteiger partial charge in [0.15, 0.2) is 5.76 Å². The highest BCUT2D eigenvalue weighted by molar-refractivity contribution is 5.95. The third-order valence-electron chi connectivity index (χ3n) is 2.86. The number of rotatable bonds is 4. The van der Waals surface area contributed by atoms with Crippen LogP contribution in [0.3, 0.4) is 0 Å². The SMILES string of the molecule is CCCCN1C(=O)C(OC)=C(C)C1C. The minimum Gasteiger partial charge on any atom is -0.491 e. The van der Waals surface area contributed by atoms with Gasteiger partial charge in [0.05, 0.1) is 13.2 Å². The van der Waals surface area contributed by atoms with Gasteiger partial charge in [0.1, 0.15) is 0 Å². The lowest BCUT2D eigenvalue weighted by Gasteiger charge is -2.22. The first-order valence-electron chi connectivity index (χ1n) is 5.19. The molecule has 1 amide bonds. The summed E-state index contributed by atoms with van der Waals surface area (Å²) in [6, 6.07) is 0.198. The third kappa shape index (κ3) is 1.76. The molecule has 0 saturated carbocycles. The van der Waals surface area contributed by atoms with Crippen LogP contribution in [0.1, 0.15) is 33.6 Å². The topological polar surface area (TPSA) is 29.5 Å². The van der Waals surface area contributed by atoms with Crippen molar-refractivity contribution in [1.29, 1.82) is 0 Å². The van der Waals surface area contributed by atoms with Gasteiger partial charge in [-0.1, -0.05) is 13.3 Å². The number of ether oxygens (including phenoxy) is 1. The van der Waals surface area contributed by atoms with E-state index in [1.807, 2.05) is 11.8 Å². The monoisotopic (exact) mass is 197 g/mol. The zero-order chi connectivity index (χ0) is 10.7. The molecule has 0 bridgehead atoms. The second-order valence-corrected chi connectivity index (χ2v) is 3.74. The summed E-state index contributed by atoms with van der Waals surface area (Å²) in [5.41, 5.74) is 1.05. The standard InChI is InChI=1S/C11H19NO2/c1-5-6-7-12-9(3)8(2)10(14-4)11(12)13/h9H,5-7H2,1-4H3. The van der Waals surface area contributed by atoms with Crippen molar-refractivity contribution in [3.63, 3.8) is 0 Å². The molecule has 0 radical (unpaired) electrons. The van der Waals surface area contributed by atoms with Crippen LogP contribution in [0.4, 0.5) is 0 Å². The summed E-state index contributed by atoms with van der Waals surface area (Å²) in [5, 5.41) is 0. The molecule has 80 valence electrons. The summed E-state index contributed by atoms with van der Waals surface area (Å²) >= 11 is 0. The van der Waals surface area contributed by atoms with Gasteiger partial charge in [-0.2, -0.15) is 0 Å². The number of amides is 1. The molecule has 1 aliphatic rings. The fraction of sp³-hybridized carbons (Fsp3) is 0.727. The molecular weight excluding hydrogens is 178 g/mol. The van der Waals surface area contributed by atoms with Crippen molar-refractivity contribution >= 4 is 5.91 Å². The van der Waals surface area contributed by atoms with E-state index in [-0.39, 0.29) is 11.9 Å². The maximum Gasteiger partial charge on any atom is 0.289 e. The molecule has 0 spiro atoms. The van der Waals surface area contributed by atoms with Crippen molar-refractivity contribution < 1.29 is 9.53 Å². The first-order chi connectivity index (χ1) is 6.63. The van der Waals surface area contributed by atoms with Crippen molar-refractivity contribution in [1.82, 2.24) is 4.90 Å². The van der Waals surface area contributed by atoms with Gasteiger partial charge in [0.25, 0.3) is 5.91 Å². The average Bonchev–Trinajstić information content (AvgIpc) is 2.37. The van der Waals surface area contributed by atoms with Crippen LogP contribution in [0.5, 0.6) is 0 Å². The lowest BCUT2D eigenvalue weighted by Crippen LogP contribution is -2.34. The molecule has 0 saturated heterocycles. The Morgan fingerprint density at radius 2 is 2.14 bits per heavy atom. The summed E-state index contributed by atoms with van der Waals surface area (Å²) in [6.45, 7) is 6.98. The molecule has 1 heterocycles. The summed E-state index contributed by atoms with van der Waals surface area (Å²) < 4.78 is 5.10. The Morgan fingerprint density at radius 1 is 1.50 bits per heavy atom. The smallest absolute Gasteiger partial charge is 0.289 e. The zero-order valence-electron chi connectivity index (χ0n) is 9.46. The first kappa shape index (κ1) is 11.1. The van der Waals surface area contributed by atoms with Crippen molar-refractivity contribution in [3.05, 3.63) is 11.3 Å². The molecule has 1 atom stereocenters. The molecule has 1 aliphatic heterocycles. The Balaban J connectivity index is 2.72. The van der Waals surface area contributed by atoms with Gasteiger partial charge >= 0.3 is 0 Å². The van der Waals surface area contributed by atoms with Crippen LogP contribution >= 0.6 is 0 Å². The molecule has 3 nitrogen and oxygen atoms in total. The number of hydrogen-bond donors (Lipinski definition) is 0. The number of methoxy groups -OCH3 is 1. The van der Waals surface area contributed by atoms with Gasteiger partial charge in [-0.25, -0.2) is 0 Å². The van der Waals surface area contributed by atoms with Crippen LogP contribution in [-0.4, -0.2) is 30.5 Å². The van der Waals surface area contributed by atoms with Gasteiger partial charge in [-0.15, -0.1) is 0 Å². The van der Waals surface area contributed by atoms with Crippen molar-refractivity contribution in [2.75, 3.05) is 13.7 Å². The van der Waals surface area contributed by atoms with Crippen LogP contribution in [0.2, 0.25) is 0 Å². The third-order valence-corrected chi connectivity index (χ3v) is 2.86. The predicted molar refractivity (Wildman–Crippen MR) is 55.8 cm³/mol. The van der Waals surface area contributed by atoms with E-state index in [2.05, 4.69) is 13.8 Å². The van der Waals surface area contributed by atoms with Crippen LogP contribution in [-0.2, 0) is 9.53 Å². The van der Waals surface area contributed by atoms with Gasteiger partial charge < -0.3 is 9.64 Å². The van der Waals surface area contributed by atoms with Gasteiger partial charge in [-0.05, 0) is 25.8 Å². The van der Waals surface area contributed by atoms with E-state index in [4.69, 9.17) is 4.74 Å². The predicted octanol–water partition coefficient (Wildman–Crippen LogP) is 1.94. The van der Waals surface area contributed by atoms with Crippen LogP contribution in [0, 0.1) is 0 Å². The second kappa shape index (κ2) is 4.49. The number of hydrogen-bond acceptors (Lipinski definition) is 2. The molecule has 1 unspecified atom stereocenters. The van der Waals surface area contributed by atoms with E-state index in [9.17, 15) is 4.79 Å². The summed E-state index contributed by atoms with van der Waals surface area (Å²) in [5.74, 6) is 0.583. The molecule has 3 heteroatoms. The number of nitrogens with zero attached hydrogens (tertiary/aromatic N) is 1. The van der Waals surface area contributed by atoms with E-state index in [0.29, 0.717) is 5.76 Å². The Hall–Kier alpha value is -0.990. The number of unbranched alkanes of at least 4 members (excludes halogenated alkanes) is 1. The van der Waals surface area contributed by atoms with Crippen molar-refractivity contribution in [2.45, 2.75) is 39.7 Å². The molecule has 0 aromatic carbocycles.